The first kappa shape index (κ1) is 14.8. The highest BCUT2D eigenvalue weighted by atomic mass is 79.9. The van der Waals surface area contributed by atoms with Crippen LogP contribution in [0.15, 0.2) is 16.6 Å². The highest BCUT2D eigenvalue weighted by Crippen LogP contribution is 2.34. The van der Waals surface area contributed by atoms with E-state index in [2.05, 4.69) is 35.1 Å². The van der Waals surface area contributed by atoms with Crippen LogP contribution in [-0.2, 0) is 0 Å². The molecule has 17 heavy (non-hydrogen) atoms. The molecule has 1 aromatic carbocycles. The molecule has 0 amide bonds. The second kappa shape index (κ2) is 7.24. The molecule has 0 unspecified atom stereocenters. The van der Waals surface area contributed by atoms with Crippen molar-refractivity contribution in [1.82, 2.24) is 0 Å². The second-order valence-corrected chi connectivity index (χ2v) is 5.79. The molecule has 0 spiro atoms. The van der Waals surface area contributed by atoms with Gasteiger partial charge in [-0.2, -0.15) is 0 Å². The number of hydrogen-bond acceptors (Lipinski definition) is 1. The van der Waals surface area contributed by atoms with Crippen molar-refractivity contribution in [2.45, 2.75) is 33.2 Å². The molecule has 0 radical (unpaired) electrons. The molecule has 0 fully saturated rings. The fraction of sp³-hybridized carbons (Fsp3) is 0.538. The minimum absolute atomic E-state index is 0.643. The van der Waals surface area contributed by atoms with E-state index in [1.54, 1.807) is 0 Å². The van der Waals surface area contributed by atoms with E-state index < -0.39 is 0 Å². The Labute approximate surface area is 117 Å². The molecule has 1 aromatic rings. The second-order valence-electron chi connectivity index (χ2n) is 4.53. The Morgan fingerprint density at radius 1 is 1.41 bits per heavy atom. The Kier molecular flexibility index (Phi) is 6.31. The summed E-state index contributed by atoms with van der Waals surface area (Å²) in [6.07, 6.45) is 1.02. The van der Waals surface area contributed by atoms with E-state index in [9.17, 15) is 0 Å². The maximum atomic E-state index is 6.14. The normalized spacial score (nSPS) is 10.9. The molecular formula is C13H20BrClNO+. The van der Waals surface area contributed by atoms with Crippen LogP contribution in [0.2, 0.25) is 5.02 Å². The van der Waals surface area contributed by atoms with Gasteiger partial charge in [0.1, 0.15) is 0 Å². The van der Waals surface area contributed by atoms with Gasteiger partial charge in [0.25, 0.3) is 0 Å². The van der Waals surface area contributed by atoms with E-state index in [0.717, 1.165) is 28.8 Å². The van der Waals surface area contributed by atoms with Gasteiger partial charge in [0.2, 0.25) is 0 Å². The minimum atomic E-state index is 0.643. The van der Waals surface area contributed by atoms with Crippen molar-refractivity contribution >= 4 is 27.5 Å². The first-order valence-electron chi connectivity index (χ1n) is 5.92. The van der Waals surface area contributed by atoms with Gasteiger partial charge in [0, 0.05) is 6.42 Å². The molecule has 2 nitrogen and oxygen atoms in total. The number of quaternary nitrogens is 1. The van der Waals surface area contributed by atoms with Crippen LogP contribution in [0.4, 0.5) is 0 Å². The van der Waals surface area contributed by atoms with Crippen LogP contribution in [0, 0.1) is 6.92 Å². The lowest BCUT2D eigenvalue weighted by atomic mass is 10.2. The van der Waals surface area contributed by atoms with Gasteiger partial charge >= 0.3 is 0 Å². The van der Waals surface area contributed by atoms with Crippen LogP contribution < -0.4 is 10.1 Å². The van der Waals surface area contributed by atoms with Gasteiger partial charge in [-0.1, -0.05) is 11.6 Å². The lowest BCUT2D eigenvalue weighted by Gasteiger charge is -2.11. The Balaban J connectivity index is 2.42. The van der Waals surface area contributed by atoms with Crippen LogP contribution in [-0.4, -0.2) is 19.2 Å². The van der Waals surface area contributed by atoms with E-state index >= 15 is 0 Å². The van der Waals surface area contributed by atoms with Gasteiger partial charge in [-0.05, 0) is 54.4 Å². The van der Waals surface area contributed by atoms with Gasteiger partial charge in [0.15, 0.2) is 5.75 Å². The van der Waals surface area contributed by atoms with Crippen LogP contribution in [0.3, 0.4) is 0 Å². The first-order chi connectivity index (χ1) is 8.00. The average Bonchev–Trinajstić information content (AvgIpc) is 2.20. The van der Waals surface area contributed by atoms with Gasteiger partial charge in [-0.15, -0.1) is 0 Å². The third kappa shape index (κ3) is 5.28. The van der Waals surface area contributed by atoms with Crippen molar-refractivity contribution in [3.8, 4) is 5.75 Å². The molecule has 0 saturated heterocycles. The molecule has 1 rings (SSSR count). The number of hydrogen-bond donors (Lipinski definition) is 1. The smallest absolute Gasteiger partial charge is 0.152 e. The summed E-state index contributed by atoms with van der Waals surface area (Å²) in [5, 5.41) is 2.97. The fourth-order valence-corrected chi connectivity index (χ4v) is 2.66. The minimum Gasteiger partial charge on any atom is -0.491 e. The molecule has 4 heteroatoms. The Morgan fingerprint density at radius 3 is 2.71 bits per heavy atom. The van der Waals surface area contributed by atoms with E-state index in [4.69, 9.17) is 16.3 Å². The van der Waals surface area contributed by atoms with Gasteiger partial charge < -0.3 is 10.1 Å². The SMILES string of the molecule is Cc1cc(Cl)c(OCCC[NH2+]C(C)C)c(Br)c1. The molecule has 0 bridgehead atoms. The maximum Gasteiger partial charge on any atom is 0.152 e. The summed E-state index contributed by atoms with van der Waals surface area (Å²) in [7, 11) is 0. The van der Waals surface area contributed by atoms with E-state index in [1.807, 2.05) is 19.1 Å². The summed E-state index contributed by atoms with van der Waals surface area (Å²) >= 11 is 9.61. The quantitative estimate of drug-likeness (QED) is 0.800. The molecule has 0 aliphatic rings. The molecule has 0 aliphatic carbocycles. The van der Waals surface area contributed by atoms with E-state index in [-0.39, 0.29) is 0 Å². The van der Waals surface area contributed by atoms with E-state index in [1.165, 1.54) is 0 Å². The zero-order valence-corrected chi connectivity index (χ0v) is 12.9. The van der Waals surface area contributed by atoms with Crippen molar-refractivity contribution in [3.63, 3.8) is 0 Å². The van der Waals surface area contributed by atoms with Gasteiger partial charge in [-0.3, -0.25) is 0 Å². The number of benzene rings is 1. The van der Waals surface area contributed by atoms with Crippen LogP contribution in [0.25, 0.3) is 0 Å². The third-order valence-corrected chi connectivity index (χ3v) is 3.25. The average molecular weight is 322 g/mol. The van der Waals surface area contributed by atoms with Crippen LogP contribution in [0.1, 0.15) is 25.8 Å². The molecule has 96 valence electrons. The molecule has 0 aromatic heterocycles. The Morgan fingerprint density at radius 2 is 2.12 bits per heavy atom. The van der Waals surface area contributed by atoms with Gasteiger partial charge in [0.05, 0.1) is 28.7 Å². The number of rotatable bonds is 6. The standard InChI is InChI=1S/C13H19BrClNO/c1-9(2)16-5-4-6-17-13-11(14)7-10(3)8-12(13)15/h7-9,16H,4-6H2,1-3H3/p+1. The monoisotopic (exact) mass is 320 g/mol. The summed E-state index contributed by atoms with van der Waals surface area (Å²) in [4.78, 5) is 0. The summed E-state index contributed by atoms with van der Waals surface area (Å²) in [5.74, 6) is 0.752. The summed E-state index contributed by atoms with van der Waals surface area (Å²) in [5.41, 5.74) is 1.13. The zero-order valence-electron chi connectivity index (χ0n) is 10.6. The van der Waals surface area contributed by atoms with Crippen molar-refractivity contribution in [3.05, 3.63) is 27.2 Å². The molecule has 0 aliphatic heterocycles. The largest absolute Gasteiger partial charge is 0.491 e. The highest BCUT2D eigenvalue weighted by molar-refractivity contribution is 9.10. The molecule has 0 heterocycles. The number of halogens is 2. The van der Waals surface area contributed by atoms with Crippen molar-refractivity contribution < 1.29 is 10.1 Å². The summed E-state index contributed by atoms with van der Waals surface area (Å²) in [6, 6.07) is 4.58. The number of aryl methyl sites for hydroxylation is 1. The molecule has 0 saturated carbocycles. The first-order valence-corrected chi connectivity index (χ1v) is 7.09. The predicted molar refractivity (Wildman–Crippen MR) is 75.9 cm³/mol. The maximum absolute atomic E-state index is 6.14. The van der Waals surface area contributed by atoms with Crippen LogP contribution in [0.5, 0.6) is 5.75 Å². The van der Waals surface area contributed by atoms with Crippen molar-refractivity contribution in [1.29, 1.82) is 0 Å². The predicted octanol–water partition coefficient (Wildman–Crippen LogP) is 3.15. The lowest BCUT2D eigenvalue weighted by molar-refractivity contribution is -0.683. The Bertz CT molecular complexity index is 345. The summed E-state index contributed by atoms with van der Waals surface area (Å²) in [6.45, 7) is 8.17. The number of ether oxygens (including phenoxy) is 1. The summed E-state index contributed by atoms with van der Waals surface area (Å²) < 4.78 is 6.63. The number of nitrogens with two attached hydrogens (primary N) is 1. The van der Waals surface area contributed by atoms with Crippen molar-refractivity contribution in [2.24, 2.45) is 0 Å². The molecular weight excluding hydrogens is 302 g/mol. The van der Waals surface area contributed by atoms with Crippen molar-refractivity contribution in [2.75, 3.05) is 13.2 Å². The molecule has 2 N–H and O–H groups in total. The van der Waals surface area contributed by atoms with Crippen LogP contribution >= 0.6 is 27.5 Å². The topological polar surface area (TPSA) is 25.8 Å². The third-order valence-electron chi connectivity index (χ3n) is 2.38. The lowest BCUT2D eigenvalue weighted by Crippen LogP contribution is -2.88. The zero-order chi connectivity index (χ0) is 12.8. The van der Waals surface area contributed by atoms with E-state index in [0.29, 0.717) is 17.7 Å². The fourth-order valence-electron chi connectivity index (χ4n) is 1.53. The highest BCUT2D eigenvalue weighted by Gasteiger charge is 2.07. The Hall–Kier alpha value is -0.250. The van der Waals surface area contributed by atoms with Gasteiger partial charge in [-0.25, -0.2) is 0 Å². The molecule has 0 atom stereocenters.